The number of hydrogen-bond donors (Lipinski definition) is 5. The lowest BCUT2D eigenvalue weighted by Crippen LogP contribution is -2.46. The van der Waals surface area contributed by atoms with Gasteiger partial charge in [-0.3, -0.25) is 4.79 Å². The van der Waals surface area contributed by atoms with E-state index in [9.17, 15) is 20.1 Å². The zero-order valence-corrected chi connectivity index (χ0v) is 19.4. The maximum Gasteiger partial charge on any atom is 0.177 e. The van der Waals surface area contributed by atoms with E-state index in [2.05, 4.69) is 12.2 Å². The van der Waals surface area contributed by atoms with Gasteiger partial charge in [0.2, 0.25) is 0 Å². The Morgan fingerprint density at radius 3 is 1.50 bits per heavy atom. The molecule has 6 heteroatoms. The first-order valence-corrected chi connectivity index (χ1v) is 12.4. The van der Waals surface area contributed by atoms with Gasteiger partial charge in [-0.1, -0.05) is 103 Å². The molecule has 180 valence electrons. The van der Waals surface area contributed by atoms with Gasteiger partial charge in [0.15, 0.2) is 5.78 Å². The number of carbonyl (C=O) groups excluding carboxylic acids is 1. The minimum absolute atomic E-state index is 0.0465. The van der Waals surface area contributed by atoms with E-state index < -0.39 is 30.7 Å². The van der Waals surface area contributed by atoms with Gasteiger partial charge in [0.25, 0.3) is 0 Å². The van der Waals surface area contributed by atoms with Crippen molar-refractivity contribution in [2.24, 2.45) is 0 Å². The van der Waals surface area contributed by atoms with Crippen LogP contribution in [0.1, 0.15) is 110 Å². The van der Waals surface area contributed by atoms with E-state index in [0.717, 1.165) is 12.8 Å². The van der Waals surface area contributed by atoms with Crippen LogP contribution >= 0.6 is 0 Å². The summed E-state index contributed by atoms with van der Waals surface area (Å²) in [5.41, 5.74) is 0. The third-order valence-corrected chi connectivity index (χ3v) is 5.74. The summed E-state index contributed by atoms with van der Waals surface area (Å²) in [5.74, 6) is -0.577. The molecule has 0 heterocycles. The molecular formula is C24H49NO5. The van der Waals surface area contributed by atoms with Crippen LogP contribution in [-0.4, -0.2) is 64.2 Å². The summed E-state index contributed by atoms with van der Waals surface area (Å²) < 4.78 is 0. The van der Waals surface area contributed by atoms with Crippen LogP contribution in [0, 0.1) is 0 Å². The number of Topliss-reactive ketones (excluding diaryl/α,β-unsaturated/α-hetero) is 1. The molecule has 0 spiro atoms. The fourth-order valence-corrected chi connectivity index (χ4v) is 3.62. The second-order valence-electron chi connectivity index (χ2n) is 8.63. The Morgan fingerprint density at radius 1 is 0.700 bits per heavy atom. The summed E-state index contributed by atoms with van der Waals surface area (Å²) in [6.45, 7) is 2.21. The highest BCUT2D eigenvalue weighted by atomic mass is 16.4. The van der Waals surface area contributed by atoms with Crippen molar-refractivity contribution in [1.29, 1.82) is 0 Å². The van der Waals surface area contributed by atoms with Gasteiger partial charge >= 0.3 is 0 Å². The van der Waals surface area contributed by atoms with Crippen molar-refractivity contribution in [3.63, 3.8) is 0 Å². The zero-order valence-electron chi connectivity index (χ0n) is 19.4. The molecule has 0 aliphatic heterocycles. The molecule has 0 aliphatic rings. The molecule has 0 saturated heterocycles. The molecule has 3 atom stereocenters. The third kappa shape index (κ3) is 17.2. The van der Waals surface area contributed by atoms with Crippen molar-refractivity contribution in [3.8, 4) is 0 Å². The first-order chi connectivity index (χ1) is 14.5. The summed E-state index contributed by atoms with van der Waals surface area (Å²) in [4.78, 5) is 11.7. The molecule has 0 aliphatic carbocycles. The van der Waals surface area contributed by atoms with Crippen molar-refractivity contribution < 1.29 is 25.2 Å². The van der Waals surface area contributed by atoms with Crippen LogP contribution in [0.25, 0.3) is 0 Å². The molecule has 0 aromatic carbocycles. The lowest BCUT2D eigenvalue weighted by Gasteiger charge is -2.20. The lowest BCUT2D eigenvalue weighted by molar-refractivity contribution is -0.139. The molecule has 30 heavy (non-hydrogen) atoms. The Labute approximate surface area is 184 Å². The van der Waals surface area contributed by atoms with Crippen LogP contribution in [0.2, 0.25) is 0 Å². The number of aliphatic hydroxyl groups excluding tert-OH is 4. The fourth-order valence-electron chi connectivity index (χ4n) is 3.62. The number of rotatable bonds is 23. The number of nitrogens with one attached hydrogen (secondary N) is 1. The molecule has 0 unspecified atom stereocenters. The summed E-state index contributed by atoms with van der Waals surface area (Å²) in [7, 11) is 0. The predicted octanol–water partition coefficient (Wildman–Crippen LogP) is 3.48. The second-order valence-corrected chi connectivity index (χ2v) is 8.63. The molecule has 0 rings (SSSR count). The topological polar surface area (TPSA) is 110 Å². The number of hydrogen-bond acceptors (Lipinski definition) is 6. The van der Waals surface area contributed by atoms with Gasteiger partial charge in [-0.15, -0.1) is 0 Å². The van der Waals surface area contributed by atoms with Gasteiger partial charge in [-0.2, -0.15) is 0 Å². The Morgan fingerprint density at radius 2 is 1.10 bits per heavy atom. The van der Waals surface area contributed by atoms with Crippen LogP contribution in [-0.2, 0) is 4.79 Å². The molecule has 0 radical (unpaired) electrons. The maximum absolute atomic E-state index is 11.7. The van der Waals surface area contributed by atoms with Crippen LogP contribution in [0.15, 0.2) is 0 Å². The molecule has 5 N–H and O–H groups in total. The summed E-state index contributed by atoms with van der Waals surface area (Å²) in [5, 5.41) is 40.1. The summed E-state index contributed by atoms with van der Waals surface area (Å²) >= 11 is 0. The van der Waals surface area contributed by atoms with E-state index >= 15 is 0 Å². The van der Waals surface area contributed by atoms with Gasteiger partial charge in [0, 0.05) is 0 Å². The van der Waals surface area contributed by atoms with E-state index in [1.807, 2.05) is 0 Å². The number of unbranched alkanes of at least 4 members (excludes halogenated alkanes) is 15. The van der Waals surface area contributed by atoms with Crippen molar-refractivity contribution in [2.75, 3.05) is 19.7 Å². The van der Waals surface area contributed by atoms with Crippen molar-refractivity contribution >= 4 is 5.78 Å². The SMILES string of the molecule is CCCCCCCCCCCCCCCCCCNCC(=O)[C@@H](O)[C@H](O)[C@H](O)CO. The molecule has 0 fully saturated rings. The van der Waals surface area contributed by atoms with Crippen LogP contribution in [0.4, 0.5) is 0 Å². The Hall–Kier alpha value is -0.530. The monoisotopic (exact) mass is 431 g/mol. The van der Waals surface area contributed by atoms with Crippen LogP contribution < -0.4 is 5.32 Å². The average molecular weight is 432 g/mol. The van der Waals surface area contributed by atoms with E-state index in [1.165, 1.54) is 89.9 Å². The minimum atomic E-state index is -1.68. The van der Waals surface area contributed by atoms with E-state index in [-0.39, 0.29) is 6.54 Å². The standard InChI is InChI=1S/C24H49NO5/c1-2-3-4-5-6-7-8-9-10-11-12-13-14-15-16-17-18-25-19-21(27)23(29)24(30)22(28)20-26/h22-26,28-30H,2-20H2,1H3/t22-,23-,24-/m1/s1. The highest BCUT2D eigenvalue weighted by molar-refractivity contribution is 5.85. The number of ketones is 1. The van der Waals surface area contributed by atoms with Gasteiger partial charge in [-0.05, 0) is 13.0 Å². The predicted molar refractivity (Wildman–Crippen MR) is 123 cm³/mol. The molecule has 0 saturated carbocycles. The Kier molecular flexibility index (Phi) is 21.3. The summed E-state index contributed by atoms with van der Waals surface area (Å²) in [6.07, 6.45) is 16.3. The fraction of sp³-hybridized carbons (Fsp3) is 0.958. The molecule has 6 nitrogen and oxygen atoms in total. The maximum atomic E-state index is 11.7. The number of aliphatic hydroxyl groups is 4. The second kappa shape index (κ2) is 21.7. The van der Waals surface area contributed by atoms with Gasteiger partial charge in [0.05, 0.1) is 13.2 Å². The smallest absolute Gasteiger partial charge is 0.177 e. The normalized spacial score (nSPS) is 14.6. The minimum Gasteiger partial charge on any atom is -0.394 e. The summed E-state index contributed by atoms with van der Waals surface area (Å²) in [6, 6.07) is 0. The molecule has 0 aromatic heterocycles. The van der Waals surface area contributed by atoms with Gasteiger partial charge in [-0.25, -0.2) is 0 Å². The average Bonchev–Trinajstić information content (AvgIpc) is 2.76. The quantitative estimate of drug-likeness (QED) is 0.158. The molecule has 0 aromatic rings. The first-order valence-electron chi connectivity index (χ1n) is 12.4. The van der Waals surface area contributed by atoms with Crippen molar-refractivity contribution in [3.05, 3.63) is 0 Å². The lowest BCUT2D eigenvalue weighted by atomic mass is 10.0. The molecule has 0 bridgehead atoms. The van der Waals surface area contributed by atoms with E-state index in [1.54, 1.807) is 0 Å². The van der Waals surface area contributed by atoms with Gasteiger partial charge in [0.1, 0.15) is 18.3 Å². The molecular weight excluding hydrogens is 382 g/mol. The van der Waals surface area contributed by atoms with E-state index in [0.29, 0.717) is 6.54 Å². The number of carbonyl (C=O) groups is 1. The third-order valence-electron chi connectivity index (χ3n) is 5.74. The largest absolute Gasteiger partial charge is 0.394 e. The first kappa shape index (κ1) is 29.5. The zero-order chi connectivity index (χ0) is 22.5. The van der Waals surface area contributed by atoms with E-state index in [4.69, 9.17) is 5.11 Å². The molecule has 0 amide bonds. The van der Waals surface area contributed by atoms with Crippen molar-refractivity contribution in [2.45, 2.75) is 128 Å². The highest BCUT2D eigenvalue weighted by Gasteiger charge is 2.29. The van der Waals surface area contributed by atoms with Crippen LogP contribution in [0.3, 0.4) is 0 Å². The Balaban J connectivity index is 3.30. The van der Waals surface area contributed by atoms with Crippen molar-refractivity contribution in [1.82, 2.24) is 5.32 Å². The van der Waals surface area contributed by atoms with Crippen LogP contribution in [0.5, 0.6) is 0 Å². The Bertz CT molecular complexity index is 381. The highest BCUT2D eigenvalue weighted by Crippen LogP contribution is 2.13. The van der Waals surface area contributed by atoms with Gasteiger partial charge < -0.3 is 25.7 Å².